The van der Waals surface area contributed by atoms with Gasteiger partial charge in [0.25, 0.3) is 5.91 Å². The molecule has 11 heteroatoms. The second-order valence-corrected chi connectivity index (χ2v) is 10.0. The van der Waals surface area contributed by atoms with E-state index in [1.807, 2.05) is 11.9 Å². The number of sulfonamides is 1. The standard InChI is InChI=1S/C23H25FN4O5S/c1-17-10-11-28(25-17)20-6-2-18(3-7-20)23(30)33-16-22(29)26-12-14-27(15-13-26)34(31,32)21-8-4-19(24)5-9-21/h2-9H,10-16H2,1H3. The molecule has 2 aliphatic rings. The van der Waals surface area contributed by atoms with Crippen LogP contribution in [0.3, 0.4) is 0 Å². The van der Waals surface area contributed by atoms with Gasteiger partial charge >= 0.3 is 5.97 Å². The summed E-state index contributed by atoms with van der Waals surface area (Å²) < 4.78 is 44.9. The van der Waals surface area contributed by atoms with Crippen LogP contribution in [0.4, 0.5) is 10.1 Å². The zero-order chi connectivity index (χ0) is 24.3. The monoisotopic (exact) mass is 488 g/mol. The first kappa shape index (κ1) is 23.8. The van der Waals surface area contributed by atoms with Crippen molar-refractivity contribution >= 4 is 33.3 Å². The summed E-state index contributed by atoms with van der Waals surface area (Å²) in [6.07, 6.45) is 0.901. The maximum Gasteiger partial charge on any atom is 0.338 e. The van der Waals surface area contributed by atoms with E-state index in [1.54, 1.807) is 24.3 Å². The van der Waals surface area contributed by atoms with Gasteiger partial charge in [-0.3, -0.25) is 9.80 Å². The topological polar surface area (TPSA) is 99.6 Å². The summed E-state index contributed by atoms with van der Waals surface area (Å²) in [6.45, 7) is 2.86. The van der Waals surface area contributed by atoms with Crippen molar-refractivity contribution in [1.82, 2.24) is 9.21 Å². The summed E-state index contributed by atoms with van der Waals surface area (Å²) in [5, 5.41) is 6.28. The van der Waals surface area contributed by atoms with Crippen molar-refractivity contribution in [3.05, 3.63) is 59.9 Å². The molecule has 0 bridgehead atoms. The molecule has 0 aliphatic carbocycles. The van der Waals surface area contributed by atoms with Crippen LogP contribution < -0.4 is 5.01 Å². The molecule has 0 spiro atoms. The first-order valence-electron chi connectivity index (χ1n) is 10.9. The molecule has 0 aromatic heterocycles. The van der Waals surface area contributed by atoms with Crippen molar-refractivity contribution in [1.29, 1.82) is 0 Å². The molecule has 0 unspecified atom stereocenters. The molecule has 4 rings (SSSR count). The Morgan fingerprint density at radius 2 is 1.62 bits per heavy atom. The van der Waals surface area contributed by atoms with Gasteiger partial charge in [-0.25, -0.2) is 17.6 Å². The summed E-state index contributed by atoms with van der Waals surface area (Å²) in [4.78, 5) is 26.3. The van der Waals surface area contributed by atoms with E-state index in [4.69, 9.17) is 4.74 Å². The quantitative estimate of drug-likeness (QED) is 0.578. The zero-order valence-corrected chi connectivity index (χ0v) is 19.5. The fourth-order valence-corrected chi connectivity index (χ4v) is 5.19. The van der Waals surface area contributed by atoms with Crippen LogP contribution in [0.5, 0.6) is 0 Å². The van der Waals surface area contributed by atoms with Crippen molar-refractivity contribution in [3.63, 3.8) is 0 Å². The van der Waals surface area contributed by atoms with Crippen molar-refractivity contribution < 1.29 is 27.1 Å². The lowest BCUT2D eigenvalue weighted by Gasteiger charge is -2.33. The molecule has 1 saturated heterocycles. The zero-order valence-electron chi connectivity index (χ0n) is 18.7. The van der Waals surface area contributed by atoms with Crippen LogP contribution in [0.25, 0.3) is 0 Å². The van der Waals surface area contributed by atoms with Crippen LogP contribution >= 0.6 is 0 Å². The third-order valence-electron chi connectivity index (χ3n) is 5.75. The molecule has 2 aliphatic heterocycles. The van der Waals surface area contributed by atoms with Crippen LogP contribution in [0.15, 0.2) is 58.5 Å². The van der Waals surface area contributed by atoms with Crippen molar-refractivity contribution in [2.75, 3.05) is 44.3 Å². The molecule has 2 aromatic rings. The van der Waals surface area contributed by atoms with Gasteiger partial charge in [0.1, 0.15) is 5.82 Å². The van der Waals surface area contributed by atoms with Crippen molar-refractivity contribution in [2.45, 2.75) is 18.2 Å². The molecule has 0 radical (unpaired) electrons. The molecule has 180 valence electrons. The van der Waals surface area contributed by atoms with Crippen LogP contribution in [-0.2, 0) is 19.6 Å². The van der Waals surface area contributed by atoms with Crippen LogP contribution in [0, 0.1) is 5.82 Å². The predicted octanol–water partition coefficient (Wildman–Crippen LogP) is 2.10. The highest BCUT2D eigenvalue weighted by Gasteiger charge is 2.30. The van der Waals surface area contributed by atoms with Crippen LogP contribution in [-0.4, -0.2) is 74.5 Å². The Labute approximate surface area is 197 Å². The van der Waals surface area contributed by atoms with Gasteiger partial charge in [0.2, 0.25) is 10.0 Å². The Morgan fingerprint density at radius 3 is 2.21 bits per heavy atom. The van der Waals surface area contributed by atoms with E-state index in [-0.39, 0.29) is 31.1 Å². The number of ether oxygens (including phenoxy) is 1. The SMILES string of the molecule is CC1=NN(c2ccc(C(=O)OCC(=O)N3CCN(S(=O)(=O)c4ccc(F)cc4)CC3)cc2)CC1. The van der Waals surface area contributed by atoms with Gasteiger partial charge in [-0.05, 0) is 55.5 Å². The minimum Gasteiger partial charge on any atom is -0.452 e. The second kappa shape index (κ2) is 9.90. The number of carbonyl (C=O) groups is 2. The van der Waals surface area contributed by atoms with Gasteiger partial charge in [0.15, 0.2) is 6.61 Å². The second-order valence-electron chi connectivity index (χ2n) is 8.07. The van der Waals surface area contributed by atoms with Crippen LogP contribution in [0.2, 0.25) is 0 Å². The summed E-state index contributed by atoms with van der Waals surface area (Å²) in [7, 11) is -3.77. The van der Waals surface area contributed by atoms with E-state index in [1.165, 1.54) is 21.3 Å². The number of hydrazone groups is 1. The Hall–Kier alpha value is -3.31. The number of hydrogen-bond acceptors (Lipinski definition) is 7. The molecule has 0 atom stereocenters. The number of esters is 1. The number of halogens is 1. The molecule has 2 heterocycles. The third-order valence-corrected chi connectivity index (χ3v) is 7.66. The Kier molecular flexibility index (Phi) is 6.94. The van der Waals surface area contributed by atoms with E-state index < -0.39 is 34.3 Å². The Balaban J connectivity index is 1.26. The van der Waals surface area contributed by atoms with Crippen molar-refractivity contribution in [2.24, 2.45) is 5.10 Å². The summed E-state index contributed by atoms with van der Waals surface area (Å²) in [5.41, 5.74) is 2.25. The minimum absolute atomic E-state index is 0.000272. The maximum atomic E-state index is 13.1. The largest absolute Gasteiger partial charge is 0.452 e. The number of rotatable bonds is 6. The van der Waals surface area contributed by atoms with E-state index in [0.29, 0.717) is 5.56 Å². The Bertz CT molecular complexity index is 1190. The highest BCUT2D eigenvalue weighted by Crippen LogP contribution is 2.21. The predicted molar refractivity (Wildman–Crippen MR) is 124 cm³/mol. The normalized spacial score (nSPS) is 16.9. The molecule has 1 fully saturated rings. The molecular weight excluding hydrogens is 463 g/mol. The third kappa shape index (κ3) is 5.26. The Morgan fingerprint density at radius 1 is 0.971 bits per heavy atom. The fourth-order valence-electron chi connectivity index (χ4n) is 3.77. The molecule has 9 nitrogen and oxygen atoms in total. The van der Waals surface area contributed by atoms with Gasteiger partial charge in [-0.2, -0.15) is 9.41 Å². The number of benzene rings is 2. The minimum atomic E-state index is -3.77. The van der Waals surface area contributed by atoms with Gasteiger partial charge in [0, 0.05) is 44.9 Å². The number of nitrogens with zero attached hydrogens (tertiary/aromatic N) is 4. The van der Waals surface area contributed by atoms with Gasteiger partial charge < -0.3 is 9.64 Å². The first-order chi connectivity index (χ1) is 16.2. The average molecular weight is 489 g/mol. The van der Waals surface area contributed by atoms with Gasteiger partial charge in [0.05, 0.1) is 16.1 Å². The number of carbonyl (C=O) groups excluding carboxylic acids is 2. The van der Waals surface area contributed by atoms with E-state index >= 15 is 0 Å². The van der Waals surface area contributed by atoms with Gasteiger partial charge in [-0.1, -0.05) is 0 Å². The van der Waals surface area contributed by atoms with Crippen molar-refractivity contribution in [3.8, 4) is 0 Å². The first-order valence-corrected chi connectivity index (χ1v) is 12.3. The van der Waals surface area contributed by atoms with E-state index in [0.717, 1.165) is 36.5 Å². The maximum absolute atomic E-state index is 13.1. The summed E-state index contributed by atoms with van der Waals surface area (Å²) in [6, 6.07) is 11.4. The number of hydrogen-bond donors (Lipinski definition) is 0. The van der Waals surface area contributed by atoms with Gasteiger partial charge in [-0.15, -0.1) is 0 Å². The molecular formula is C23H25FN4O5S. The summed E-state index contributed by atoms with van der Waals surface area (Å²) >= 11 is 0. The number of anilines is 1. The lowest BCUT2D eigenvalue weighted by atomic mass is 10.2. The summed E-state index contributed by atoms with van der Waals surface area (Å²) in [5.74, 6) is -1.53. The lowest BCUT2D eigenvalue weighted by molar-refractivity contribution is -0.135. The fraction of sp³-hybridized carbons (Fsp3) is 0.348. The average Bonchev–Trinajstić information content (AvgIpc) is 3.29. The smallest absolute Gasteiger partial charge is 0.338 e. The molecule has 0 saturated carbocycles. The number of piperazine rings is 1. The highest BCUT2D eigenvalue weighted by molar-refractivity contribution is 7.89. The molecule has 34 heavy (non-hydrogen) atoms. The van der Waals surface area contributed by atoms with E-state index in [9.17, 15) is 22.4 Å². The molecule has 1 amide bonds. The van der Waals surface area contributed by atoms with E-state index in [2.05, 4.69) is 5.10 Å². The number of amides is 1. The lowest BCUT2D eigenvalue weighted by Crippen LogP contribution is -2.51. The highest BCUT2D eigenvalue weighted by atomic mass is 32.2. The van der Waals surface area contributed by atoms with Crippen LogP contribution in [0.1, 0.15) is 23.7 Å². The molecule has 0 N–H and O–H groups in total. The molecule has 2 aromatic carbocycles.